The van der Waals surface area contributed by atoms with Crippen molar-refractivity contribution in [3.8, 4) is 0 Å². The number of hydrogen-bond acceptors (Lipinski definition) is 5. The highest BCUT2D eigenvalue weighted by Crippen LogP contribution is 2.25. The molecule has 0 aliphatic heterocycles. The molecule has 0 fully saturated rings. The lowest BCUT2D eigenvalue weighted by Crippen LogP contribution is -2.49. The fourth-order valence-corrected chi connectivity index (χ4v) is 3.36. The first-order valence-electron chi connectivity index (χ1n) is 9.48. The highest BCUT2D eigenvalue weighted by molar-refractivity contribution is 6.06. The average Bonchev–Trinajstić information content (AvgIpc) is 3.24. The van der Waals surface area contributed by atoms with Gasteiger partial charge in [-0.3, -0.25) is 4.79 Å². The summed E-state index contributed by atoms with van der Waals surface area (Å²) in [4.78, 5) is 39.8. The molecule has 158 valence electrons. The Balaban J connectivity index is 2.43. The molecular weight excluding hydrogens is 374 g/mol. The Labute approximate surface area is 170 Å². The van der Waals surface area contributed by atoms with E-state index in [0.717, 1.165) is 0 Å². The van der Waals surface area contributed by atoms with Crippen LogP contribution in [0, 0.1) is 13.8 Å². The number of nitrogens with zero attached hydrogens (tertiary/aromatic N) is 2. The maximum absolute atomic E-state index is 13.4. The highest BCUT2D eigenvalue weighted by Gasteiger charge is 2.33. The van der Waals surface area contributed by atoms with Gasteiger partial charge in [-0.2, -0.15) is 0 Å². The van der Waals surface area contributed by atoms with E-state index in [-0.39, 0.29) is 24.4 Å². The van der Waals surface area contributed by atoms with Crippen LogP contribution in [-0.2, 0) is 18.3 Å². The first kappa shape index (κ1) is 22.3. The molecule has 2 amide bonds. The Kier molecular flexibility index (Phi) is 6.89. The number of carbonyl (C=O) groups excluding carboxylic acids is 3. The van der Waals surface area contributed by atoms with E-state index in [0.29, 0.717) is 28.3 Å². The normalized spacial score (nSPS) is 12.0. The molecule has 29 heavy (non-hydrogen) atoms. The molecule has 8 heteroatoms. The molecule has 1 atom stereocenters. The summed E-state index contributed by atoms with van der Waals surface area (Å²) in [6.45, 7) is 9.00. The van der Waals surface area contributed by atoms with Crippen molar-refractivity contribution in [3.05, 3.63) is 46.7 Å². The lowest BCUT2D eigenvalue weighted by Gasteiger charge is -2.29. The first-order chi connectivity index (χ1) is 13.6. The predicted molar refractivity (Wildman–Crippen MR) is 108 cm³/mol. The van der Waals surface area contributed by atoms with E-state index in [9.17, 15) is 14.4 Å². The number of ether oxygens (including phenoxy) is 1. The van der Waals surface area contributed by atoms with Crippen molar-refractivity contribution in [1.29, 1.82) is 0 Å². The maximum atomic E-state index is 13.4. The van der Waals surface area contributed by atoms with E-state index in [1.807, 2.05) is 13.8 Å². The SMILES string of the molecule is COC(=O)c1c(C)c(C(=O)C(C)N(Cc2ccco2)C(=O)NC(C)C)c(C)n1C. The van der Waals surface area contributed by atoms with Crippen molar-refractivity contribution < 1.29 is 23.5 Å². The topological polar surface area (TPSA) is 93.8 Å². The number of methoxy groups -OCH3 is 1. The first-order valence-corrected chi connectivity index (χ1v) is 9.48. The standard InChI is InChI=1S/C21H29N3O5/c1-12(2)22-21(27)24(11-16-9-8-10-29-16)15(5)19(25)17-13(3)18(20(26)28-7)23(6)14(17)4/h8-10,12,15H,11H2,1-7H3,(H,22,27). The Hall–Kier alpha value is -3.03. The zero-order valence-corrected chi connectivity index (χ0v) is 18.0. The van der Waals surface area contributed by atoms with Crippen LogP contribution in [0.1, 0.15) is 58.6 Å². The van der Waals surface area contributed by atoms with Crippen molar-refractivity contribution >= 4 is 17.8 Å². The van der Waals surface area contributed by atoms with Gasteiger partial charge in [0.1, 0.15) is 11.5 Å². The fourth-order valence-electron chi connectivity index (χ4n) is 3.36. The molecule has 0 aromatic carbocycles. The van der Waals surface area contributed by atoms with Crippen LogP contribution in [0.15, 0.2) is 22.8 Å². The van der Waals surface area contributed by atoms with E-state index in [2.05, 4.69) is 5.32 Å². The van der Waals surface area contributed by atoms with E-state index in [1.54, 1.807) is 44.5 Å². The highest BCUT2D eigenvalue weighted by atomic mass is 16.5. The molecule has 0 saturated carbocycles. The molecule has 0 saturated heterocycles. The molecule has 0 radical (unpaired) electrons. The quantitative estimate of drug-likeness (QED) is 0.566. The lowest BCUT2D eigenvalue weighted by atomic mass is 10.00. The van der Waals surface area contributed by atoms with Crippen molar-refractivity contribution in [3.63, 3.8) is 0 Å². The molecule has 2 rings (SSSR count). The van der Waals surface area contributed by atoms with Crippen LogP contribution in [0.25, 0.3) is 0 Å². The van der Waals surface area contributed by atoms with Crippen LogP contribution in [0.5, 0.6) is 0 Å². The zero-order valence-electron chi connectivity index (χ0n) is 18.0. The molecule has 2 heterocycles. The minimum atomic E-state index is -0.774. The number of rotatable bonds is 7. The van der Waals surface area contributed by atoms with Crippen LogP contribution in [0.4, 0.5) is 4.79 Å². The van der Waals surface area contributed by atoms with Crippen molar-refractivity contribution in [2.24, 2.45) is 7.05 Å². The lowest BCUT2D eigenvalue weighted by molar-refractivity contribution is 0.0588. The number of aromatic nitrogens is 1. The van der Waals surface area contributed by atoms with Crippen molar-refractivity contribution in [2.75, 3.05) is 7.11 Å². The van der Waals surface area contributed by atoms with E-state index >= 15 is 0 Å². The maximum Gasteiger partial charge on any atom is 0.354 e. The van der Waals surface area contributed by atoms with Gasteiger partial charge in [0.05, 0.1) is 26.0 Å². The minimum Gasteiger partial charge on any atom is -0.467 e. The van der Waals surface area contributed by atoms with E-state index < -0.39 is 12.0 Å². The smallest absolute Gasteiger partial charge is 0.354 e. The van der Waals surface area contributed by atoms with Gasteiger partial charge in [0.2, 0.25) is 0 Å². The number of hydrogen-bond donors (Lipinski definition) is 1. The van der Waals surface area contributed by atoms with Gasteiger partial charge in [0.15, 0.2) is 5.78 Å². The summed E-state index contributed by atoms with van der Waals surface area (Å²) < 4.78 is 11.9. The number of esters is 1. The van der Waals surface area contributed by atoms with Crippen LogP contribution in [-0.4, -0.2) is 46.4 Å². The third-order valence-electron chi connectivity index (χ3n) is 4.98. The number of Topliss-reactive ketones (excluding diaryl/α,β-unsaturated/α-hetero) is 1. The minimum absolute atomic E-state index is 0.0879. The molecule has 2 aromatic rings. The molecule has 1 N–H and O–H groups in total. The van der Waals surface area contributed by atoms with Gasteiger partial charge in [-0.25, -0.2) is 9.59 Å². The van der Waals surface area contributed by atoms with Gasteiger partial charge in [0, 0.05) is 24.3 Å². The molecule has 0 bridgehead atoms. The second-order valence-corrected chi connectivity index (χ2v) is 7.34. The molecule has 1 unspecified atom stereocenters. The zero-order chi connectivity index (χ0) is 21.9. The Morgan fingerprint density at radius 2 is 1.90 bits per heavy atom. The molecular formula is C21H29N3O5. The Morgan fingerprint density at radius 3 is 2.41 bits per heavy atom. The summed E-state index contributed by atoms with van der Waals surface area (Å²) in [6.07, 6.45) is 1.52. The van der Waals surface area contributed by atoms with Crippen LogP contribution in [0.3, 0.4) is 0 Å². The number of urea groups is 1. The summed E-state index contributed by atoms with van der Waals surface area (Å²) in [5, 5.41) is 2.83. The van der Waals surface area contributed by atoms with Crippen molar-refractivity contribution in [1.82, 2.24) is 14.8 Å². The van der Waals surface area contributed by atoms with Gasteiger partial charge < -0.3 is 23.9 Å². The third kappa shape index (κ3) is 4.52. The largest absolute Gasteiger partial charge is 0.467 e. The van der Waals surface area contributed by atoms with Gasteiger partial charge in [-0.15, -0.1) is 0 Å². The molecule has 8 nitrogen and oxygen atoms in total. The van der Waals surface area contributed by atoms with Gasteiger partial charge >= 0.3 is 12.0 Å². The summed E-state index contributed by atoms with van der Waals surface area (Å²) in [5.41, 5.74) is 1.92. The van der Waals surface area contributed by atoms with E-state index in [4.69, 9.17) is 9.15 Å². The third-order valence-corrected chi connectivity index (χ3v) is 4.98. The van der Waals surface area contributed by atoms with Crippen molar-refractivity contribution in [2.45, 2.75) is 53.2 Å². The average molecular weight is 403 g/mol. The second-order valence-electron chi connectivity index (χ2n) is 7.34. The van der Waals surface area contributed by atoms with E-state index in [1.165, 1.54) is 18.3 Å². The van der Waals surface area contributed by atoms with Crippen LogP contribution in [0.2, 0.25) is 0 Å². The Morgan fingerprint density at radius 1 is 1.24 bits per heavy atom. The van der Waals surface area contributed by atoms with Gasteiger partial charge in [0.25, 0.3) is 0 Å². The van der Waals surface area contributed by atoms with Crippen LogP contribution < -0.4 is 5.32 Å². The predicted octanol–water partition coefficient (Wildman–Crippen LogP) is 3.21. The Bertz CT molecular complexity index is 896. The number of furan rings is 1. The fraction of sp³-hybridized carbons (Fsp3) is 0.476. The number of nitrogens with one attached hydrogen (secondary N) is 1. The molecule has 0 aliphatic carbocycles. The summed E-state index contributed by atoms with van der Waals surface area (Å²) in [7, 11) is 3.01. The second kappa shape index (κ2) is 8.98. The van der Waals surface area contributed by atoms with Crippen LogP contribution >= 0.6 is 0 Å². The van der Waals surface area contributed by atoms with Gasteiger partial charge in [-0.05, 0) is 52.3 Å². The number of carbonyl (C=O) groups is 3. The van der Waals surface area contributed by atoms with Gasteiger partial charge in [-0.1, -0.05) is 0 Å². The summed E-state index contributed by atoms with van der Waals surface area (Å²) in [6, 6.07) is 2.26. The molecule has 0 aliphatic rings. The monoisotopic (exact) mass is 403 g/mol. The molecule has 0 spiro atoms. The summed E-state index contributed by atoms with van der Waals surface area (Å²) in [5.74, 6) is -0.193. The summed E-state index contributed by atoms with van der Waals surface area (Å²) >= 11 is 0. The number of ketones is 1. The molecule has 2 aromatic heterocycles. The number of amides is 2.